The third-order valence-corrected chi connectivity index (χ3v) is 2.35. The van der Waals surface area contributed by atoms with Crippen LogP contribution in [0.15, 0.2) is 6.07 Å². The number of nitrogens with zero attached hydrogens (tertiary/aromatic N) is 2. The number of aliphatic hydroxyl groups is 2. The number of aliphatic hydroxyl groups excluding tert-OH is 1. The molecule has 1 aromatic heterocycles. The van der Waals surface area contributed by atoms with Crippen molar-refractivity contribution in [3.05, 3.63) is 11.9 Å². The lowest BCUT2D eigenvalue weighted by atomic mass is 10.1. The van der Waals surface area contributed by atoms with Crippen molar-refractivity contribution in [1.82, 2.24) is 9.97 Å². The fourth-order valence-corrected chi connectivity index (χ4v) is 1.26. The Hall–Kier alpha value is -1.48. The molecule has 0 aromatic carbocycles. The first-order valence-electron chi connectivity index (χ1n) is 6.00. The molecule has 108 valence electrons. The fraction of sp³-hybridized carbons (Fsp3) is 0.636. The number of hydrazine groups is 1. The van der Waals surface area contributed by atoms with Crippen LogP contribution < -0.4 is 16.6 Å². The molecule has 1 atom stereocenters. The lowest BCUT2D eigenvalue weighted by Crippen LogP contribution is -2.37. The zero-order chi connectivity index (χ0) is 14.3. The molecule has 0 amide bonds. The van der Waals surface area contributed by atoms with Gasteiger partial charge in [0, 0.05) is 19.2 Å². The van der Waals surface area contributed by atoms with Gasteiger partial charge in [0.05, 0.1) is 6.61 Å². The summed E-state index contributed by atoms with van der Waals surface area (Å²) >= 11 is 0. The zero-order valence-corrected chi connectivity index (χ0v) is 11.2. The monoisotopic (exact) mass is 271 g/mol. The van der Waals surface area contributed by atoms with E-state index in [1.165, 1.54) is 6.92 Å². The minimum Gasteiger partial charge on any atom is -0.393 e. The molecule has 6 N–H and O–H groups in total. The van der Waals surface area contributed by atoms with Gasteiger partial charge in [-0.1, -0.05) is 0 Å². The van der Waals surface area contributed by atoms with Gasteiger partial charge in [0.2, 0.25) is 0 Å². The first kappa shape index (κ1) is 15.6. The molecule has 8 heteroatoms. The van der Waals surface area contributed by atoms with Gasteiger partial charge in [-0.2, -0.15) is 0 Å². The second kappa shape index (κ2) is 7.19. The second-order valence-corrected chi connectivity index (χ2v) is 4.34. The highest BCUT2D eigenvalue weighted by molar-refractivity contribution is 5.47. The summed E-state index contributed by atoms with van der Waals surface area (Å²) in [6.07, 6.45) is 0. The highest BCUT2D eigenvalue weighted by atomic mass is 16.5. The molecular formula is C11H21N5O3. The Balaban J connectivity index is 2.76. The molecular weight excluding hydrogens is 250 g/mol. The van der Waals surface area contributed by atoms with Gasteiger partial charge in [-0.15, -0.1) is 0 Å². The van der Waals surface area contributed by atoms with Crippen LogP contribution in [0.3, 0.4) is 0 Å². The number of hydrogen-bond acceptors (Lipinski definition) is 8. The third-order valence-electron chi connectivity index (χ3n) is 2.35. The minimum atomic E-state index is -1.22. The van der Waals surface area contributed by atoms with Crippen LogP contribution in [0.4, 0.5) is 11.6 Å². The molecule has 1 heterocycles. The number of anilines is 2. The number of ether oxygens (including phenoxy) is 1. The van der Waals surface area contributed by atoms with Crippen LogP contribution in [0.2, 0.25) is 0 Å². The number of nitrogens with two attached hydrogens (primary N) is 1. The van der Waals surface area contributed by atoms with Crippen LogP contribution >= 0.6 is 0 Å². The molecule has 8 nitrogen and oxygen atoms in total. The number of hydrogen-bond donors (Lipinski definition) is 5. The van der Waals surface area contributed by atoms with E-state index in [0.29, 0.717) is 24.1 Å². The molecule has 0 aliphatic carbocycles. The summed E-state index contributed by atoms with van der Waals surface area (Å²) in [5.74, 6) is 6.73. The lowest BCUT2D eigenvalue weighted by Gasteiger charge is -2.21. The summed E-state index contributed by atoms with van der Waals surface area (Å²) in [7, 11) is 0. The van der Waals surface area contributed by atoms with Crippen molar-refractivity contribution in [1.29, 1.82) is 0 Å². The van der Waals surface area contributed by atoms with Gasteiger partial charge in [0.15, 0.2) is 5.82 Å². The number of nitrogens with one attached hydrogen (secondary N) is 2. The molecule has 0 aliphatic rings. The van der Waals surface area contributed by atoms with Gasteiger partial charge in [-0.25, -0.2) is 15.8 Å². The van der Waals surface area contributed by atoms with E-state index in [9.17, 15) is 5.11 Å². The zero-order valence-electron chi connectivity index (χ0n) is 11.2. The summed E-state index contributed by atoms with van der Waals surface area (Å²) < 4.78 is 5.23. The summed E-state index contributed by atoms with van der Waals surface area (Å²) in [6, 6.07) is 1.60. The van der Waals surface area contributed by atoms with Crippen molar-refractivity contribution in [2.75, 3.05) is 30.5 Å². The Morgan fingerprint density at radius 2 is 2.11 bits per heavy atom. The smallest absolute Gasteiger partial charge is 0.158 e. The van der Waals surface area contributed by atoms with E-state index in [2.05, 4.69) is 20.7 Å². The van der Waals surface area contributed by atoms with Crippen LogP contribution in [0.25, 0.3) is 0 Å². The fourth-order valence-electron chi connectivity index (χ4n) is 1.26. The van der Waals surface area contributed by atoms with Crippen LogP contribution in [0.1, 0.15) is 19.7 Å². The topological polar surface area (TPSA) is 126 Å². The Bertz CT molecular complexity index is 400. The quantitative estimate of drug-likeness (QED) is 0.315. The molecule has 0 saturated heterocycles. The van der Waals surface area contributed by atoms with E-state index < -0.39 is 5.60 Å². The van der Waals surface area contributed by atoms with E-state index in [1.54, 1.807) is 6.07 Å². The van der Waals surface area contributed by atoms with Gasteiger partial charge in [0.1, 0.15) is 23.8 Å². The van der Waals surface area contributed by atoms with Gasteiger partial charge < -0.3 is 25.7 Å². The van der Waals surface area contributed by atoms with E-state index in [-0.39, 0.29) is 19.8 Å². The Kier molecular flexibility index (Phi) is 5.90. The molecule has 1 rings (SSSR count). The van der Waals surface area contributed by atoms with Crippen molar-refractivity contribution in [3.63, 3.8) is 0 Å². The normalized spacial score (nSPS) is 13.9. The molecule has 0 fully saturated rings. The highest BCUT2D eigenvalue weighted by Crippen LogP contribution is 2.12. The second-order valence-electron chi connectivity index (χ2n) is 4.34. The molecule has 19 heavy (non-hydrogen) atoms. The summed E-state index contributed by atoms with van der Waals surface area (Å²) in [5.41, 5.74) is 1.22. The predicted molar refractivity (Wildman–Crippen MR) is 71.4 cm³/mol. The minimum absolute atomic E-state index is 0.151. The SMILES string of the molecule is CCOCc1nc(NN)cc(NCC(C)(O)CO)n1. The van der Waals surface area contributed by atoms with Crippen molar-refractivity contribution < 1.29 is 14.9 Å². The van der Waals surface area contributed by atoms with Crippen molar-refractivity contribution in [3.8, 4) is 0 Å². The number of nitrogen functional groups attached to an aromatic ring is 1. The maximum Gasteiger partial charge on any atom is 0.158 e. The summed E-state index contributed by atoms with van der Waals surface area (Å²) in [6.45, 7) is 4.03. The molecule has 0 bridgehead atoms. The van der Waals surface area contributed by atoms with Gasteiger partial charge in [-0.3, -0.25) is 0 Å². The standard InChI is InChI=1S/C11H21N5O3/c1-3-19-5-10-14-8(4-9(15-10)16-12)13-6-11(2,18)7-17/h4,17-18H,3,5-7,12H2,1-2H3,(H2,13,14,15,16). The van der Waals surface area contributed by atoms with E-state index in [4.69, 9.17) is 15.7 Å². The average Bonchev–Trinajstić information content (AvgIpc) is 2.42. The average molecular weight is 271 g/mol. The molecule has 0 saturated carbocycles. The summed E-state index contributed by atoms with van der Waals surface area (Å²) in [5, 5.41) is 21.6. The Morgan fingerprint density at radius 3 is 2.68 bits per heavy atom. The van der Waals surface area contributed by atoms with E-state index >= 15 is 0 Å². The summed E-state index contributed by atoms with van der Waals surface area (Å²) in [4.78, 5) is 8.35. The van der Waals surface area contributed by atoms with E-state index in [1.807, 2.05) is 6.92 Å². The molecule has 0 radical (unpaired) electrons. The third kappa shape index (κ3) is 5.35. The van der Waals surface area contributed by atoms with Crippen LogP contribution in [0, 0.1) is 0 Å². The van der Waals surface area contributed by atoms with E-state index in [0.717, 1.165) is 0 Å². The maximum absolute atomic E-state index is 9.70. The number of rotatable bonds is 8. The largest absolute Gasteiger partial charge is 0.393 e. The van der Waals surface area contributed by atoms with Gasteiger partial charge in [-0.05, 0) is 13.8 Å². The Morgan fingerprint density at radius 1 is 1.42 bits per heavy atom. The molecule has 1 aromatic rings. The first-order chi connectivity index (χ1) is 9.00. The predicted octanol–water partition coefficient (Wildman–Crippen LogP) is -0.546. The van der Waals surface area contributed by atoms with Crippen LogP contribution in [-0.2, 0) is 11.3 Å². The van der Waals surface area contributed by atoms with Crippen molar-refractivity contribution >= 4 is 11.6 Å². The van der Waals surface area contributed by atoms with Gasteiger partial charge in [0.25, 0.3) is 0 Å². The maximum atomic E-state index is 9.70. The van der Waals surface area contributed by atoms with Crippen LogP contribution in [0.5, 0.6) is 0 Å². The number of aromatic nitrogens is 2. The lowest BCUT2D eigenvalue weighted by molar-refractivity contribution is 0.0131. The molecule has 1 unspecified atom stereocenters. The van der Waals surface area contributed by atoms with Crippen molar-refractivity contribution in [2.24, 2.45) is 5.84 Å². The Labute approximate surface area is 112 Å². The van der Waals surface area contributed by atoms with Crippen LogP contribution in [-0.4, -0.2) is 45.5 Å². The van der Waals surface area contributed by atoms with Gasteiger partial charge >= 0.3 is 0 Å². The highest BCUT2D eigenvalue weighted by Gasteiger charge is 2.18. The van der Waals surface area contributed by atoms with Crippen molar-refractivity contribution in [2.45, 2.75) is 26.1 Å². The molecule has 0 spiro atoms. The molecule has 0 aliphatic heterocycles. The first-order valence-corrected chi connectivity index (χ1v) is 6.00.